The molecule has 154 valence electrons. The molecule has 2 heterocycles. The molecule has 3 rings (SSSR count). The summed E-state index contributed by atoms with van der Waals surface area (Å²) in [5.41, 5.74) is 2.25. The van der Waals surface area contributed by atoms with Gasteiger partial charge < -0.3 is 24.7 Å². The molecule has 1 fully saturated rings. The van der Waals surface area contributed by atoms with Crippen molar-refractivity contribution in [3.8, 4) is 11.5 Å². The van der Waals surface area contributed by atoms with Gasteiger partial charge in [0.1, 0.15) is 11.5 Å². The molecule has 2 N–H and O–H groups in total. The Labute approximate surface area is 172 Å². The highest BCUT2D eigenvalue weighted by molar-refractivity contribution is 8.00. The maximum Gasteiger partial charge on any atom is 0.193 e. The number of methoxy groups -OCH3 is 2. The number of hydrogen-bond acceptors (Lipinski definition) is 4. The smallest absolute Gasteiger partial charge is 0.193 e. The topological polar surface area (TPSA) is 61.9 Å². The van der Waals surface area contributed by atoms with Crippen molar-refractivity contribution >= 4 is 28.6 Å². The van der Waals surface area contributed by atoms with Crippen LogP contribution in [0.2, 0.25) is 0 Å². The number of thioether (sulfide) groups is 1. The van der Waals surface area contributed by atoms with E-state index in [-0.39, 0.29) is 4.75 Å². The number of ether oxygens (including phenoxy) is 2. The minimum atomic E-state index is 0.278. The van der Waals surface area contributed by atoms with E-state index in [1.807, 2.05) is 30.9 Å². The first-order chi connectivity index (χ1) is 13.5. The van der Waals surface area contributed by atoms with Crippen LogP contribution < -0.4 is 14.8 Å². The van der Waals surface area contributed by atoms with Gasteiger partial charge in [-0.05, 0) is 32.8 Å². The van der Waals surface area contributed by atoms with Crippen molar-refractivity contribution in [2.75, 3.05) is 46.7 Å². The molecule has 1 saturated heterocycles. The standard InChI is InChI=1S/C21H32N4O2S/c1-21(2)14-25(9-10-28-21)20(22-3)23-8-6-7-15-11-17-18(24-15)12-16(26-4)13-19(17)27-5/h11-13,24H,6-10,14H2,1-5H3,(H,22,23). The van der Waals surface area contributed by atoms with Crippen LogP contribution in [0.3, 0.4) is 0 Å². The Bertz CT molecular complexity index is 831. The third-order valence-corrected chi connectivity index (χ3v) is 6.33. The van der Waals surface area contributed by atoms with Crippen molar-refractivity contribution in [2.45, 2.75) is 31.4 Å². The molecule has 0 saturated carbocycles. The van der Waals surface area contributed by atoms with E-state index in [4.69, 9.17) is 9.47 Å². The zero-order valence-corrected chi connectivity index (χ0v) is 18.4. The lowest BCUT2D eigenvalue weighted by Gasteiger charge is -2.39. The number of fused-ring (bicyclic) bond motifs is 1. The number of guanidine groups is 1. The fourth-order valence-electron chi connectivity index (χ4n) is 3.67. The number of aryl methyl sites for hydroxylation is 1. The molecule has 28 heavy (non-hydrogen) atoms. The number of nitrogens with one attached hydrogen (secondary N) is 2. The van der Waals surface area contributed by atoms with Gasteiger partial charge in [0.05, 0.1) is 19.7 Å². The van der Waals surface area contributed by atoms with Crippen molar-refractivity contribution in [3.05, 3.63) is 23.9 Å². The molecular weight excluding hydrogens is 372 g/mol. The Kier molecular flexibility index (Phi) is 6.65. The van der Waals surface area contributed by atoms with E-state index in [1.54, 1.807) is 14.2 Å². The summed E-state index contributed by atoms with van der Waals surface area (Å²) in [6.07, 6.45) is 1.99. The Morgan fingerprint density at radius 2 is 2.11 bits per heavy atom. The van der Waals surface area contributed by atoms with Crippen LogP contribution in [0.1, 0.15) is 26.0 Å². The third kappa shape index (κ3) is 4.87. The number of aliphatic imine (C=N–C) groups is 1. The van der Waals surface area contributed by atoms with Gasteiger partial charge in [-0.15, -0.1) is 0 Å². The molecule has 0 radical (unpaired) electrons. The van der Waals surface area contributed by atoms with Crippen LogP contribution in [0, 0.1) is 0 Å². The quantitative estimate of drug-likeness (QED) is 0.438. The Balaban J connectivity index is 1.56. The highest BCUT2D eigenvalue weighted by Gasteiger charge is 2.28. The number of H-pyrrole nitrogens is 1. The maximum atomic E-state index is 5.50. The maximum absolute atomic E-state index is 5.50. The zero-order chi connectivity index (χ0) is 20.1. The second kappa shape index (κ2) is 8.99. The van der Waals surface area contributed by atoms with Crippen molar-refractivity contribution in [1.82, 2.24) is 15.2 Å². The summed E-state index contributed by atoms with van der Waals surface area (Å²) in [5, 5.41) is 4.62. The molecule has 0 aliphatic carbocycles. The average Bonchev–Trinajstić information content (AvgIpc) is 3.09. The third-order valence-electron chi connectivity index (χ3n) is 5.03. The lowest BCUT2D eigenvalue weighted by Crippen LogP contribution is -2.51. The number of nitrogens with zero attached hydrogens (tertiary/aromatic N) is 2. The van der Waals surface area contributed by atoms with E-state index in [0.29, 0.717) is 0 Å². The van der Waals surface area contributed by atoms with Gasteiger partial charge in [0.25, 0.3) is 0 Å². The lowest BCUT2D eigenvalue weighted by atomic mass is 10.2. The van der Waals surface area contributed by atoms with Gasteiger partial charge in [0.2, 0.25) is 0 Å². The first-order valence-corrected chi connectivity index (χ1v) is 10.8. The van der Waals surface area contributed by atoms with Crippen LogP contribution in [0.4, 0.5) is 0 Å². The molecule has 1 aliphatic rings. The normalized spacial score (nSPS) is 17.0. The van der Waals surface area contributed by atoms with Gasteiger partial charge in [0, 0.05) is 60.4 Å². The fourth-order valence-corrected chi connectivity index (χ4v) is 4.78. The van der Waals surface area contributed by atoms with Crippen molar-refractivity contribution in [1.29, 1.82) is 0 Å². The Hall–Kier alpha value is -2.02. The van der Waals surface area contributed by atoms with E-state index in [1.165, 1.54) is 5.69 Å². The second-order valence-corrected chi connectivity index (χ2v) is 9.49. The highest BCUT2D eigenvalue weighted by Crippen LogP contribution is 2.32. The zero-order valence-electron chi connectivity index (χ0n) is 17.6. The predicted molar refractivity (Wildman–Crippen MR) is 119 cm³/mol. The van der Waals surface area contributed by atoms with Gasteiger partial charge in [-0.2, -0.15) is 11.8 Å². The molecule has 0 bridgehead atoms. The fraction of sp³-hybridized carbons (Fsp3) is 0.571. The van der Waals surface area contributed by atoms with E-state index in [0.717, 1.165) is 66.6 Å². The largest absolute Gasteiger partial charge is 0.497 e. The molecule has 6 nitrogen and oxygen atoms in total. The Morgan fingerprint density at radius 3 is 2.79 bits per heavy atom. The molecule has 0 amide bonds. The van der Waals surface area contributed by atoms with E-state index < -0.39 is 0 Å². The molecule has 1 aromatic heterocycles. The summed E-state index contributed by atoms with van der Waals surface area (Å²) >= 11 is 2.04. The van der Waals surface area contributed by atoms with Crippen molar-refractivity contribution in [2.24, 2.45) is 4.99 Å². The SMILES string of the molecule is CN=C(NCCCc1cc2c(OC)cc(OC)cc2[nH]1)N1CCSC(C)(C)C1. The average molecular weight is 405 g/mol. The molecule has 2 aromatic rings. The van der Waals surface area contributed by atoms with Crippen LogP contribution in [-0.4, -0.2) is 67.2 Å². The van der Waals surface area contributed by atoms with Crippen LogP contribution in [0.25, 0.3) is 10.9 Å². The number of hydrogen-bond donors (Lipinski definition) is 2. The van der Waals surface area contributed by atoms with E-state index in [2.05, 4.69) is 40.1 Å². The van der Waals surface area contributed by atoms with Gasteiger partial charge in [-0.25, -0.2) is 0 Å². The van der Waals surface area contributed by atoms with Crippen LogP contribution >= 0.6 is 11.8 Å². The summed E-state index contributed by atoms with van der Waals surface area (Å²) < 4.78 is 11.1. The predicted octanol–water partition coefficient (Wildman–Crippen LogP) is 3.52. The minimum absolute atomic E-state index is 0.278. The van der Waals surface area contributed by atoms with E-state index >= 15 is 0 Å². The number of aromatic amines is 1. The minimum Gasteiger partial charge on any atom is -0.497 e. The van der Waals surface area contributed by atoms with Crippen LogP contribution in [0.5, 0.6) is 11.5 Å². The first kappa shape index (κ1) is 20.7. The summed E-state index contributed by atoms with van der Waals surface area (Å²) in [5.74, 6) is 3.79. The van der Waals surface area contributed by atoms with E-state index in [9.17, 15) is 0 Å². The Morgan fingerprint density at radius 1 is 1.29 bits per heavy atom. The lowest BCUT2D eigenvalue weighted by molar-refractivity contribution is 0.375. The summed E-state index contributed by atoms with van der Waals surface area (Å²) in [6.45, 7) is 7.58. The number of rotatable bonds is 6. The van der Waals surface area contributed by atoms with Crippen molar-refractivity contribution < 1.29 is 9.47 Å². The molecule has 0 unspecified atom stereocenters. The molecule has 0 spiro atoms. The number of benzene rings is 1. The molecule has 7 heteroatoms. The van der Waals surface area contributed by atoms with Crippen LogP contribution in [-0.2, 0) is 6.42 Å². The summed E-state index contributed by atoms with van der Waals surface area (Å²) in [7, 11) is 5.23. The van der Waals surface area contributed by atoms with Gasteiger partial charge in [-0.1, -0.05) is 0 Å². The molecule has 1 aliphatic heterocycles. The molecular formula is C21H32N4O2S. The van der Waals surface area contributed by atoms with Gasteiger partial charge in [0.15, 0.2) is 5.96 Å². The molecule has 1 aromatic carbocycles. The first-order valence-electron chi connectivity index (χ1n) is 9.79. The monoisotopic (exact) mass is 404 g/mol. The summed E-state index contributed by atoms with van der Waals surface area (Å²) in [6, 6.07) is 6.11. The van der Waals surface area contributed by atoms with Gasteiger partial charge in [-0.3, -0.25) is 4.99 Å². The molecule has 0 atom stereocenters. The highest BCUT2D eigenvalue weighted by atomic mass is 32.2. The van der Waals surface area contributed by atoms with Crippen molar-refractivity contribution in [3.63, 3.8) is 0 Å². The van der Waals surface area contributed by atoms with Crippen LogP contribution in [0.15, 0.2) is 23.2 Å². The number of aromatic nitrogens is 1. The van der Waals surface area contributed by atoms with Gasteiger partial charge >= 0.3 is 0 Å². The summed E-state index contributed by atoms with van der Waals surface area (Å²) in [4.78, 5) is 10.3. The second-order valence-electron chi connectivity index (χ2n) is 7.69.